The Labute approximate surface area is 87.8 Å². The fraction of sp³-hybridized carbons (Fsp3) is 0.250. The van der Waals surface area contributed by atoms with Crippen molar-refractivity contribution in [2.24, 2.45) is 0 Å². The van der Waals surface area contributed by atoms with E-state index in [-0.39, 0.29) is 16.5 Å². The molecule has 82 valence electrons. The summed E-state index contributed by atoms with van der Waals surface area (Å²) in [5, 5.41) is -0.135. The molecule has 0 atom stereocenters. The minimum Gasteiger partial charge on any atom is -0.467 e. The van der Waals surface area contributed by atoms with Gasteiger partial charge < -0.3 is 4.74 Å². The standard InChI is InChI=1S/C8H5ClF3NO2/c9-6-1-5(3-14)2-13-7(6)15-4-8(10,11)12/h1-3H,4H2. The lowest BCUT2D eigenvalue weighted by atomic mass is 10.3. The largest absolute Gasteiger partial charge is 0.467 e. The van der Waals surface area contributed by atoms with Gasteiger partial charge in [-0.2, -0.15) is 13.2 Å². The number of ether oxygens (including phenoxy) is 1. The van der Waals surface area contributed by atoms with Crippen molar-refractivity contribution in [3.63, 3.8) is 0 Å². The average Bonchev–Trinajstić information content (AvgIpc) is 2.14. The van der Waals surface area contributed by atoms with E-state index in [9.17, 15) is 18.0 Å². The molecule has 0 spiro atoms. The summed E-state index contributed by atoms with van der Waals surface area (Å²) in [5.74, 6) is -0.348. The average molecular weight is 240 g/mol. The van der Waals surface area contributed by atoms with Crippen LogP contribution >= 0.6 is 11.6 Å². The Morgan fingerprint density at radius 3 is 2.67 bits per heavy atom. The Kier molecular flexibility index (Phi) is 3.52. The molecule has 1 rings (SSSR count). The molecule has 0 amide bonds. The van der Waals surface area contributed by atoms with Gasteiger partial charge in [-0.05, 0) is 6.07 Å². The van der Waals surface area contributed by atoms with E-state index in [4.69, 9.17) is 11.6 Å². The highest BCUT2D eigenvalue weighted by Crippen LogP contribution is 2.24. The number of rotatable bonds is 3. The zero-order chi connectivity index (χ0) is 11.5. The third kappa shape index (κ3) is 3.75. The highest BCUT2D eigenvalue weighted by Gasteiger charge is 2.29. The molecule has 1 aromatic rings. The van der Waals surface area contributed by atoms with Gasteiger partial charge in [-0.25, -0.2) is 4.98 Å². The van der Waals surface area contributed by atoms with Crippen molar-refractivity contribution in [2.75, 3.05) is 6.61 Å². The Bertz CT molecular complexity index is 367. The maximum Gasteiger partial charge on any atom is 0.422 e. The molecule has 0 fully saturated rings. The van der Waals surface area contributed by atoms with E-state index in [1.165, 1.54) is 6.07 Å². The van der Waals surface area contributed by atoms with Crippen molar-refractivity contribution in [2.45, 2.75) is 6.18 Å². The quantitative estimate of drug-likeness (QED) is 0.761. The summed E-state index contributed by atoms with van der Waals surface area (Å²) >= 11 is 5.52. The first kappa shape index (κ1) is 11.8. The van der Waals surface area contributed by atoms with E-state index >= 15 is 0 Å². The highest BCUT2D eigenvalue weighted by atomic mass is 35.5. The van der Waals surface area contributed by atoms with Crippen LogP contribution in [-0.4, -0.2) is 24.1 Å². The van der Waals surface area contributed by atoms with E-state index in [1.54, 1.807) is 0 Å². The molecule has 0 bridgehead atoms. The number of aldehydes is 1. The predicted octanol–water partition coefficient (Wildman–Crippen LogP) is 2.49. The summed E-state index contributed by atoms with van der Waals surface area (Å²) in [4.78, 5) is 13.7. The fourth-order valence-corrected chi connectivity index (χ4v) is 0.990. The Morgan fingerprint density at radius 2 is 2.20 bits per heavy atom. The molecular formula is C8H5ClF3NO2. The van der Waals surface area contributed by atoms with Crippen molar-refractivity contribution < 1.29 is 22.7 Å². The number of hydrogen-bond donors (Lipinski definition) is 0. The number of halogens is 4. The van der Waals surface area contributed by atoms with Crippen LogP contribution in [0, 0.1) is 0 Å². The zero-order valence-corrected chi connectivity index (χ0v) is 7.97. The van der Waals surface area contributed by atoms with Crippen molar-refractivity contribution in [1.82, 2.24) is 4.98 Å². The molecule has 0 N–H and O–H groups in total. The highest BCUT2D eigenvalue weighted by molar-refractivity contribution is 6.32. The molecule has 0 radical (unpaired) electrons. The second-order valence-corrected chi connectivity index (χ2v) is 2.98. The number of pyridine rings is 1. The second kappa shape index (κ2) is 4.48. The molecule has 3 nitrogen and oxygen atoms in total. The van der Waals surface area contributed by atoms with Gasteiger partial charge in [0, 0.05) is 11.8 Å². The van der Waals surface area contributed by atoms with Crippen LogP contribution in [0.3, 0.4) is 0 Å². The number of carbonyl (C=O) groups excluding carboxylic acids is 1. The van der Waals surface area contributed by atoms with Crippen molar-refractivity contribution in [3.8, 4) is 5.88 Å². The topological polar surface area (TPSA) is 39.2 Å². The first-order chi connectivity index (χ1) is 6.92. The van der Waals surface area contributed by atoms with E-state index < -0.39 is 12.8 Å². The normalized spacial score (nSPS) is 11.2. The first-order valence-corrected chi connectivity index (χ1v) is 4.10. The Hall–Kier alpha value is -1.30. The summed E-state index contributed by atoms with van der Waals surface area (Å²) in [6, 6.07) is 1.17. The minimum atomic E-state index is -4.45. The summed E-state index contributed by atoms with van der Waals surface area (Å²) in [6.45, 7) is -1.47. The summed E-state index contributed by atoms with van der Waals surface area (Å²) < 4.78 is 39.6. The van der Waals surface area contributed by atoms with E-state index in [0.717, 1.165) is 6.20 Å². The zero-order valence-electron chi connectivity index (χ0n) is 7.21. The van der Waals surface area contributed by atoms with Crippen LogP contribution in [0.1, 0.15) is 10.4 Å². The molecule has 0 saturated carbocycles. The molecule has 15 heavy (non-hydrogen) atoms. The molecule has 0 saturated heterocycles. The number of nitrogens with zero attached hydrogens (tertiary/aromatic N) is 1. The van der Waals surface area contributed by atoms with Gasteiger partial charge in [0.25, 0.3) is 0 Å². The third-order valence-electron chi connectivity index (χ3n) is 1.34. The molecule has 1 aromatic heterocycles. The van der Waals surface area contributed by atoms with Crippen LogP contribution in [0.15, 0.2) is 12.3 Å². The lowest BCUT2D eigenvalue weighted by Gasteiger charge is -2.09. The molecule has 0 aliphatic rings. The summed E-state index contributed by atoms with van der Waals surface area (Å²) in [5.41, 5.74) is 0.166. The molecule has 1 heterocycles. The monoisotopic (exact) mass is 239 g/mol. The van der Waals surface area contributed by atoms with Crippen molar-refractivity contribution in [3.05, 3.63) is 22.8 Å². The molecular weight excluding hydrogens is 235 g/mol. The first-order valence-electron chi connectivity index (χ1n) is 3.72. The number of aromatic nitrogens is 1. The van der Waals surface area contributed by atoms with Gasteiger partial charge in [0.1, 0.15) is 5.02 Å². The lowest BCUT2D eigenvalue weighted by molar-refractivity contribution is -0.154. The smallest absolute Gasteiger partial charge is 0.422 e. The van der Waals surface area contributed by atoms with Gasteiger partial charge in [-0.3, -0.25) is 4.79 Å². The molecule has 0 aliphatic carbocycles. The van der Waals surface area contributed by atoms with E-state index in [2.05, 4.69) is 9.72 Å². The van der Waals surface area contributed by atoms with Gasteiger partial charge in [0.05, 0.1) is 0 Å². The van der Waals surface area contributed by atoms with Crippen LogP contribution in [0.2, 0.25) is 5.02 Å². The van der Waals surface area contributed by atoms with Crippen LogP contribution in [0.5, 0.6) is 5.88 Å². The Morgan fingerprint density at radius 1 is 1.53 bits per heavy atom. The maximum atomic E-state index is 11.8. The van der Waals surface area contributed by atoms with Crippen molar-refractivity contribution >= 4 is 17.9 Å². The second-order valence-electron chi connectivity index (χ2n) is 2.58. The number of carbonyl (C=O) groups is 1. The predicted molar refractivity (Wildman–Crippen MR) is 46.2 cm³/mol. The molecule has 0 unspecified atom stereocenters. The number of hydrogen-bond acceptors (Lipinski definition) is 3. The fourth-order valence-electron chi connectivity index (χ4n) is 0.761. The van der Waals surface area contributed by atoms with Gasteiger partial charge in [0.15, 0.2) is 12.9 Å². The SMILES string of the molecule is O=Cc1cnc(OCC(F)(F)F)c(Cl)c1. The number of alkyl halides is 3. The third-order valence-corrected chi connectivity index (χ3v) is 1.61. The molecule has 0 aromatic carbocycles. The summed E-state index contributed by atoms with van der Waals surface area (Å²) in [7, 11) is 0. The van der Waals surface area contributed by atoms with Gasteiger partial charge >= 0.3 is 6.18 Å². The molecule has 0 aliphatic heterocycles. The van der Waals surface area contributed by atoms with Gasteiger partial charge in [-0.15, -0.1) is 0 Å². The van der Waals surface area contributed by atoms with Gasteiger partial charge in [-0.1, -0.05) is 11.6 Å². The van der Waals surface area contributed by atoms with Crippen LogP contribution < -0.4 is 4.74 Å². The molecule has 7 heteroatoms. The van der Waals surface area contributed by atoms with Crippen LogP contribution in [0.25, 0.3) is 0 Å². The maximum absolute atomic E-state index is 11.8. The van der Waals surface area contributed by atoms with Gasteiger partial charge in [0.2, 0.25) is 5.88 Å². The van der Waals surface area contributed by atoms with Crippen LogP contribution in [-0.2, 0) is 0 Å². The minimum absolute atomic E-state index is 0.135. The van der Waals surface area contributed by atoms with E-state index in [0.29, 0.717) is 6.29 Å². The van der Waals surface area contributed by atoms with E-state index in [1.807, 2.05) is 0 Å². The van der Waals surface area contributed by atoms with Crippen molar-refractivity contribution in [1.29, 1.82) is 0 Å². The lowest BCUT2D eigenvalue weighted by Crippen LogP contribution is -2.19. The van der Waals surface area contributed by atoms with Crippen LogP contribution in [0.4, 0.5) is 13.2 Å². The Balaban J connectivity index is 2.74. The summed E-state index contributed by atoms with van der Waals surface area (Å²) in [6.07, 6.45) is -2.90.